The first-order valence-corrected chi connectivity index (χ1v) is 11.4. The average Bonchev–Trinajstić information content (AvgIpc) is 3.02. The molecule has 1 aliphatic heterocycles. The number of carbonyl (C=O) groups excluding carboxylic acids is 2. The first-order chi connectivity index (χ1) is 14.5. The zero-order chi connectivity index (χ0) is 21.3. The molecule has 2 aromatic rings. The van der Waals surface area contributed by atoms with E-state index in [1.54, 1.807) is 9.80 Å². The molecule has 0 aliphatic carbocycles. The fourth-order valence-electron chi connectivity index (χ4n) is 3.25. The summed E-state index contributed by atoms with van der Waals surface area (Å²) in [6.07, 6.45) is 4.95. The molecule has 0 N–H and O–H groups in total. The second-order valence-corrected chi connectivity index (χ2v) is 8.97. The second kappa shape index (κ2) is 11.1. The normalized spacial score (nSPS) is 15.1. The number of thiocarbonyl (C=S) groups is 1. The summed E-state index contributed by atoms with van der Waals surface area (Å²) in [7, 11) is 1.84. The number of thioether (sulfide) groups is 1. The van der Waals surface area contributed by atoms with Gasteiger partial charge in [0, 0.05) is 26.6 Å². The summed E-state index contributed by atoms with van der Waals surface area (Å²) in [6, 6.07) is 19.8. The van der Waals surface area contributed by atoms with Gasteiger partial charge in [0.2, 0.25) is 5.91 Å². The lowest BCUT2D eigenvalue weighted by atomic mass is 10.1. The number of hydrogen-bond donors (Lipinski definition) is 0. The third kappa shape index (κ3) is 6.28. The largest absolute Gasteiger partial charge is 0.341 e. The third-order valence-electron chi connectivity index (χ3n) is 4.93. The van der Waals surface area contributed by atoms with Crippen LogP contribution in [-0.4, -0.2) is 39.5 Å². The quantitative estimate of drug-likeness (QED) is 0.310. The summed E-state index contributed by atoms with van der Waals surface area (Å²) in [5, 5.41) is 0. The van der Waals surface area contributed by atoms with E-state index in [4.69, 9.17) is 12.2 Å². The lowest BCUT2D eigenvalue weighted by Gasteiger charge is -2.17. The van der Waals surface area contributed by atoms with Crippen molar-refractivity contribution < 1.29 is 9.59 Å². The SMILES string of the molecule is CN(Cc1ccccc1)C(=O)CCCCCN1C(=O)/C(=C/c2ccccc2)SC1=S. The Bertz CT molecular complexity index is 913. The summed E-state index contributed by atoms with van der Waals surface area (Å²) in [6.45, 7) is 1.23. The summed E-state index contributed by atoms with van der Waals surface area (Å²) < 4.78 is 0.612. The second-order valence-electron chi connectivity index (χ2n) is 7.29. The molecule has 0 atom stereocenters. The molecule has 0 unspecified atom stereocenters. The topological polar surface area (TPSA) is 40.6 Å². The van der Waals surface area contributed by atoms with Crippen molar-refractivity contribution >= 4 is 46.2 Å². The van der Waals surface area contributed by atoms with Gasteiger partial charge in [-0.3, -0.25) is 14.5 Å². The van der Waals surface area contributed by atoms with Crippen LogP contribution in [0.15, 0.2) is 65.6 Å². The van der Waals surface area contributed by atoms with Crippen molar-refractivity contribution in [2.75, 3.05) is 13.6 Å². The zero-order valence-electron chi connectivity index (χ0n) is 17.1. The minimum Gasteiger partial charge on any atom is -0.341 e. The Hall–Kier alpha value is -2.44. The number of hydrogen-bond acceptors (Lipinski definition) is 4. The van der Waals surface area contributed by atoms with Gasteiger partial charge in [-0.15, -0.1) is 0 Å². The van der Waals surface area contributed by atoms with E-state index in [9.17, 15) is 9.59 Å². The molecule has 1 saturated heterocycles. The summed E-state index contributed by atoms with van der Waals surface area (Å²) >= 11 is 6.75. The number of unbranched alkanes of at least 4 members (excludes halogenated alkanes) is 2. The highest BCUT2D eigenvalue weighted by Crippen LogP contribution is 2.32. The van der Waals surface area contributed by atoms with Gasteiger partial charge < -0.3 is 4.90 Å². The fraction of sp³-hybridized carbons (Fsp3) is 0.292. The van der Waals surface area contributed by atoms with Gasteiger partial charge in [0.05, 0.1) is 4.91 Å². The van der Waals surface area contributed by atoms with Crippen LogP contribution in [0.1, 0.15) is 36.8 Å². The summed E-state index contributed by atoms with van der Waals surface area (Å²) in [5.74, 6) is 0.128. The first kappa shape index (κ1) is 22.2. The van der Waals surface area contributed by atoms with E-state index >= 15 is 0 Å². The van der Waals surface area contributed by atoms with E-state index in [2.05, 4.69) is 0 Å². The van der Waals surface area contributed by atoms with Gasteiger partial charge in [-0.25, -0.2) is 0 Å². The van der Waals surface area contributed by atoms with Gasteiger partial charge in [0.1, 0.15) is 4.32 Å². The summed E-state index contributed by atoms with van der Waals surface area (Å²) in [5.41, 5.74) is 2.13. The Morgan fingerprint density at radius 3 is 2.40 bits per heavy atom. The van der Waals surface area contributed by atoms with Crippen LogP contribution in [0.4, 0.5) is 0 Å². The Balaban J connectivity index is 1.39. The van der Waals surface area contributed by atoms with Crippen molar-refractivity contribution in [3.05, 3.63) is 76.7 Å². The molecule has 156 valence electrons. The summed E-state index contributed by atoms with van der Waals surface area (Å²) in [4.78, 5) is 29.1. The van der Waals surface area contributed by atoms with Crippen LogP contribution in [0.5, 0.6) is 0 Å². The van der Waals surface area contributed by atoms with Crippen molar-refractivity contribution in [2.45, 2.75) is 32.2 Å². The standard InChI is InChI=1S/C24H26N2O2S2/c1-25(18-20-13-7-3-8-14-20)22(27)15-9-4-10-16-26-23(28)21(30-24(26)29)17-19-11-5-2-6-12-19/h2-3,5-8,11-14,17H,4,9-10,15-16,18H2,1H3/b21-17-. The van der Waals surface area contributed by atoms with Crippen LogP contribution < -0.4 is 0 Å². The monoisotopic (exact) mass is 438 g/mol. The molecule has 1 aliphatic rings. The molecule has 4 nitrogen and oxygen atoms in total. The average molecular weight is 439 g/mol. The Morgan fingerprint density at radius 2 is 1.70 bits per heavy atom. The van der Waals surface area contributed by atoms with Crippen molar-refractivity contribution in [3.8, 4) is 0 Å². The first-order valence-electron chi connectivity index (χ1n) is 10.1. The molecule has 0 radical (unpaired) electrons. The fourth-order valence-corrected chi connectivity index (χ4v) is 4.56. The Morgan fingerprint density at radius 1 is 1.03 bits per heavy atom. The van der Waals surface area contributed by atoms with Crippen LogP contribution >= 0.6 is 24.0 Å². The van der Waals surface area contributed by atoms with Crippen molar-refractivity contribution in [2.24, 2.45) is 0 Å². The molecule has 0 aromatic heterocycles. The van der Waals surface area contributed by atoms with E-state index < -0.39 is 0 Å². The maximum absolute atomic E-state index is 12.6. The number of benzene rings is 2. The molecule has 2 aromatic carbocycles. The third-order valence-corrected chi connectivity index (χ3v) is 6.31. The van der Waals surface area contributed by atoms with Gasteiger partial charge in [-0.2, -0.15) is 0 Å². The van der Waals surface area contributed by atoms with Gasteiger partial charge >= 0.3 is 0 Å². The number of rotatable bonds is 9. The van der Waals surface area contributed by atoms with Crippen LogP contribution in [0.2, 0.25) is 0 Å². The van der Waals surface area contributed by atoms with E-state index in [0.717, 1.165) is 30.4 Å². The van der Waals surface area contributed by atoms with Gasteiger partial charge in [0.25, 0.3) is 5.91 Å². The van der Waals surface area contributed by atoms with Crippen LogP contribution in [0.25, 0.3) is 6.08 Å². The van der Waals surface area contributed by atoms with Crippen molar-refractivity contribution in [1.29, 1.82) is 0 Å². The maximum atomic E-state index is 12.6. The number of amides is 2. The predicted octanol–water partition coefficient (Wildman–Crippen LogP) is 5.11. The molecule has 30 heavy (non-hydrogen) atoms. The van der Waals surface area contributed by atoms with E-state index in [1.807, 2.05) is 73.8 Å². The van der Waals surface area contributed by atoms with Crippen LogP contribution in [0.3, 0.4) is 0 Å². The lowest BCUT2D eigenvalue weighted by Crippen LogP contribution is -2.29. The highest BCUT2D eigenvalue weighted by Gasteiger charge is 2.31. The Kier molecular flexibility index (Phi) is 8.22. The molecule has 6 heteroatoms. The highest BCUT2D eigenvalue weighted by molar-refractivity contribution is 8.26. The zero-order valence-corrected chi connectivity index (χ0v) is 18.8. The van der Waals surface area contributed by atoms with E-state index in [1.165, 1.54) is 11.8 Å². The molecule has 2 amide bonds. The van der Waals surface area contributed by atoms with Crippen molar-refractivity contribution in [3.63, 3.8) is 0 Å². The van der Waals surface area contributed by atoms with Gasteiger partial charge in [0.15, 0.2) is 0 Å². The van der Waals surface area contributed by atoms with E-state index in [0.29, 0.717) is 28.7 Å². The van der Waals surface area contributed by atoms with E-state index in [-0.39, 0.29) is 11.8 Å². The highest BCUT2D eigenvalue weighted by atomic mass is 32.2. The van der Waals surface area contributed by atoms with Gasteiger partial charge in [-0.05, 0) is 30.0 Å². The predicted molar refractivity (Wildman–Crippen MR) is 128 cm³/mol. The smallest absolute Gasteiger partial charge is 0.266 e. The van der Waals surface area contributed by atoms with Crippen LogP contribution in [-0.2, 0) is 16.1 Å². The molecule has 0 bridgehead atoms. The Labute approximate surface area is 187 Å². The lowest BCUT2D eigenvalue weighted by molar-refractivity contribution is -0.130. The molecule has 1 heterocycles. The minimum atomic E-state index is -0.0208. The molecular weight excluding hydrogens is 412 g/mol. The van der Waals surface area contributed by atoms with Crippen molar-refractivity contribution in [1.82, 2.24) is 9.80 Å². The number of carbonyl (C=O) groups is 2. The minimum absolute atomic E-state index is 0.0208. The molecular formula is C24H26N2O2S2. The van der Waals surface area contributed by atoms with Gasteiger partial charge in [-0.1, -0.05) is 91.1 Å². The molecule has 1 fully saturated rings. The molecule has 0 spiro atoms. The molecule has 3 rings (SSSR count). The molecule has 0 saturated carbocycles. The maximum Gasteiger partial charge on any atom is 0.266 e. The van der Waals surface area contributed by atoms with Crippen LogP contribution in [0, 0.1) is 0 Å². The number of nitrogens with zero attached hydrogens (tertiary/aromatic N) is 2.